The van der Waals surface area contributed by atoms with Gasteiger partial charge in [0, 0.05) is 30.8 Å². The van der Waals surface area contributed by atoms with E-state index in [2.05, 4.69) is 21.8 Å². The van der Waals surface area contributed by atoms with E-state index in [0.29, 0.717) is 5.71 Å². The molecule has 0 N–H and O–H groups in total. The number of amides is 4. The third-order valence-corrected chi connectivity index (χ3v) is 5.23. The second-order valence-electron chi connectivity index (χ2n) is 7.27. The smallest absolute Gasteiger partial charge is 0.350 e. The van der Waals surface area contributed by atoms with E-state index in [1.165, 1.54) is 6.08 Å². The number of aliphatic imine (C=N–C) groups is 1. The number of hydrogen-bond donors (Lipinski definition) is 0. The van der Waals surface area contributed by atoms with Crippen molar-refractivity contribution in [1.29, 1.82) is 0 Å². The van der Waals surface area contributed by atoms with Gasteiger partial charge < -0.3 is 9.32 Å². The van der Waals surface area contributed by atoms with E-state index < -0.39 is 11.9 Å². The van der Waals surface area contributed by atoms with Crippen LogP contribution in [0.4, 0.5) is 4.79 Å². The fourth-order valence-corrected chi connectivity index (χ4v) is 3.86. The van der Waals surface area contributed by atoms with Crippen molar-refractivity contribution in [2.24, 2.45) is 10.9 Å². The quantitative estimate of drug-likeness (QED) is 0.445. The first-order valence-electron chi connectivity index (χ1n) is 9.43. The normalized spacial score (nSPS) is 17.1. The molecule has 1 aliphatic rings. The van der Waals surface area contributed by atoms with Crippen LogP contribution in [0.15, 0.2) is 27.3 Å². The van der Waals surface area contributed by atoms with Gasteiger partial charge in [-0.3, -0.25) is 14.5 Å². The summed E-state index contributed by atoms with van der Waals surface area (Å²) in [5.74, 6) is -0.587. The van der Waals surface area contributed by atoms with E-state index in [1.807, 2.05) is 27.7 Å². The summed E-state index contributed by atoms with van der Waals surface area (Å²) < 4.78 is 5.60. The number of carbonyl (C=O) groups excluding carboxylic acids is 3. The molecular weight excluding hydrogens is 394 g/mol. The summed E-state index contributed by atoms with van der Waals surface area (Å²) in [5, 5.41) is 8.18. The Bertz CT molecular complexity index is 809. The molecule has 0 bridgehead atoms. The van der Waals surface area contributed by atoms with Gasteiger partial charge in [0.25, 0.3) is 5.22 Å². The molecule has 10 heteroatoms. The van der Waals surface area contributed by atoms with Crippen molar-refractivity contribution in [2.45, 2.75) is 58.3 Å². The predicted molar refractivity (Wildman–Crippen MR) is 110 cm³/mol. The summed E-state index contributed by atoms with van der Waals surface area (Å²) in [5.41, 5.74) is 0.410. The molecule has 1 aromatic rings. The number of thioether (sulfide) groups is 1. The maximum absolute atomic E-state index is 12.6. The molecule has 4 amide bonds. The third-order valence-electron chi connectivity index (χ3n) is 4.43. The molecule has 0 saturated heterocycles. The number of urea groups is 1. The summed E-state index contributed by atoms with van der Waals surface area (Å²) >= 11 is 1.16. The fraction of sp³-hybridized carbons (Fsp3) is 0.579. The lowest BCUT2D eigenvalue weighted by molar-refractivity contribution is -0.132. The topological polar surface area (TPSA) is 109 Å². The minimum absolute atomic E-state index is 0.0104. The molecule has 0 radical (unpaired) electrons. The highest BCUT2D eigenvalue weighted by Crippen LogP contribution is 2.22. The minimum atomic E-state index is -0.648. The number of rotatable bonds is 9. The average Bonchev–Trinajstić information content (AvgIpc) is 3.07. The number of carbonyl (C=O) groups is 3. The van der Waals surface area contributed by atoms with Crippen LogP contribution in [0.2, 0.25) is 0 Å². The van der Waals surface area contributed by atoms with Gasteiger partial charge in [-0.2, -0.15) is 0 Å². The Morgan fingerprint density at radius 2 is 1.93 bits per heavy atom. The molecule has 2 heterocycles. The Labute approximate surface area is 174 Å². The SMILES string of the molecule is C=CCN1C(=O)N=C(C)C(Cc2nnc(SCC(=O)N(C(C)C)C(C)C)o2)C1=O. The molecule has 0 aliphatic carbocycles. The lowest BCUT2D eigenvalue weighted by atomic mass is 9.97. The number of nitrogens with zero attached hydrogens (tertiary/aromatic N) is 5. The zero-order valence-corrected chi connectivity index (χ0v) is 18.2. The van der Waals surface area contributed by atoms with Gasteiger partial charge in [-0.25, -0.2) is 9.79 Å². The maximum atomic E-state index is 12.6. The Balaban J connectivity index is 2.02. The van der Waals surface area contributed by atoms with Crippen LogP contribution in [0.5, 0.6) is 0 Å². The maximum Gasteiger partial charge on any atom is 0.350 e. The summed E-state index contributed by atoms with van der Waals surface area (Å²) in [4.78, 5) is 43.7. The number of imide groups is 1. The van der Waals surface area contributed by atoms with E-state index in [4.69, 9.17) is 4.42 Å². The first-order valence-corrected chi connectivity index (χ1v) is 10.4. The van der Waals surface area contributed by atoms with Crippen LogP contribution in [-0.2, 0) is 16.0 Å². The van der Waals surface area contributed by atoms with Crippen molar-refractivity contribution >= 4 is 35.3 Å². The van der Waals surface area contributed by atoms with E-state index >= 15 is 0 Å². The molecule has 0 spiro atoms. The molecule has 2 rings (SSSR count). The number of aromatic nitrogens is 2. The van der Waals surface area contributed by atoms with E-state index in [1.54, 1.807) is 11.8 Å². The van der Waals surface area contributed by atoms with Gasteiger partial charge in [0.2, 0.25) is 17.7 Å². The fourth-order valence-electron chi connectivity index (χ4n) is 3.21. The molecule has 9 nitrogen and oxygen atoms in total. The van der Waals surface area contributed by atoms with Crippen molar-refractivity contribution in [2.75, 3.05) is 12.3 Å². The molecule has 29 heavy (non-hydrogen) atoms. The Morgan fingerprint density at radius 1 is 1.28 bits per heavy atom. The van der Waals surface area contributed by atoms with Crippen molar-refractivity contribution in [3.05, 3.63) is 18.5 Å². The molecule has 158 valence electrons. The van der Waals surface area contributed by atoms with E-state index in [9.17, 15) is 14.4 Å². The molecular formula is C19H27N5O4S. The Hall–Kier alpha value is -2.49. The first-order chi connectivity index (χ1) is 13.6. The van der Waals surface area contributed by atoms with Crippen molar-refractivity contribution in [3.63, 3.8) is 0 Å². The summed E-state index contributed by atoms with van der Waals surface area (Å²) in [6, 6.07) is -0.395. The van der Waals surface area contributed by atoms with Crippen LogP contribution in [0, 0.1) is 5.92 Å². The summed E-state index contributed by atoms with van der Waals surface area (Å²) in [6.07, 6.45) is 1.61. The van der Waals surface area contributed by atoms with Crippen molar-refractivity contribution < 1.29 is 18.8 Å². The molecule has 0 fully saturated rings. The molecule has 1 aromatic heterocycles. The zero-order valence-electron chi connectivity index (χ0n) is 17.4. The highest BCUT2D eigenvalue weighted by atomic mass is 32.2. The second-order valence-corrected chi connectivity index (χ2v) is 8.20. The van der Waals surface area contributed by atoms with E-state index in [0.717, 1.165) is 16.7 Å². The third kappa shape index (κ3) is 5.53. The molecule has 1 atom stereocenters. The Morgan fingerprint density at radius 3 is 2.52 bits per heavy atom. The molecule has 0 aromatic carbocycles. The van der Waals surface area contributed by atoms with Crippen LogP contribution in [0.1, 0.15) is 40.5 Å². The summed E-state index contributed by atoms with van der Waals surface area (Å²) in [6.45, 7) is 13.2. The van der Waals surface area contributed by atoms with E-state index in [-0.39, 0.29) is 53.7 Å². The van der Waals surface area contributed by atoms with Gasteiger partial charge in [0.1, 0.15) is 0 Å². The highest BCUT2D eigenvalue weighted by Gasteiger charge is 2.36. The predicted octanol–water partition coefficient (Wildman–Crippen LogP) is 2.57. The molecule has 0 saturated carbocycles. The van der Waals surface area contributed by atoms with Crippen LogP contribution in [0.25, 0.3) is 0 Å². The summed E-state index contributed by atoms with van der Waals surface area (Å²) in [7, 11) is 0. The highest BCUT2D eigenvalue weighted by molar-refractivity contribution is 7.99. The van der Waals surface area contributed by atoms with Crippen LogP contribution < -0.4 is 0 Å². The lowest BCUT2D eigenvalue weighted by Crippen LogP contribution is -2.46. The van der Waals surface area contributed by atoms with Gasteiger partial charge >= 0.3 is 6.03 Å². The van der Waals surface area contributed by atoms with Gasteiger partial charge in [-0.1, -0.05) is 17.8 Å². The van der Waals surface area contributed by atoms with Crippen molar-refractivity contribution in [3.8, 4) is 0 Å². The van der Waals surface area contributed by atoms with Crippen LogP contribution in [-0.4, -0.2) is 67.9 Å². The monoisotopic (exact) mass is 421 g/mol. The Kier molecular flexibility index (Phi) is 7.72. The van der Waals surface area contributed by atoms with Gasteiger partial charge in [0.15, 0.2) is 0 Å². The largest absolute Gasteiger partial charge is 0.416 e. The first kappa shape index (κ1) is 22.8. The van der Waals surface area contributed by atoms with Crippen LogP contribution in [0.3, 0.4) is 0 Å². The molecule has 1 aliphatic heterocycles. The minimum Gasteiger partial charge on any atom is -0.416 e. The lowest BCUT2D eigenvalue weighted by Gasteiger charge is -2.30. The van der Waals surface area contributed by atoms with Gasteiger partial charge in [0.05, 0.1) is 11.7 Å². The van der Waals surface area contributed by atoms with Gasteiger partial charge in [-0.15, -0.1) is 16.8 Å². The van der Waals surface area contributed by atoms with Crippen molar-refractivity contribution in [1.82, 2.24) is 20.0 Å². The zero-order chi connectivity index (χ0) is 21.7. The standard InChI is InChI=1S/C19H27N5O4S/c1-7-8-23-17(26)14(13(6)20-18(23)27)9-15-21-22-19(28-15)29-10-16(25)24(11(2)3)12(4)5/h7,11-12,14H,1,8-10H2,2-6H3. The van der Waals surface area contributed by atoms with Gasteiger partial charge in [-0.05, 0) is 34.6 Å². The second kappa shape index (κ2) is 9.82. The van der Waals surface area contributed by atoms with Crippen LogP contribution >= 0.6 is 11.8 Å². The number of hydrogen-bond acceptors (Lipinski definition) is 7. The molecule has 1 unspecified atom stereocenters. The average molecular weight is 422 g/mol.